The van der Waals surface area contributed by atoms with Gasteiger partial charge in [-0.25, -0.2) is 0 Å². The molecule has 0 saturated carbocycles. The number of fused-ring (bicyclic) bond motifs is 6. The molecule has 0 atom stereocenters. The highest BCUT2D eigenvalue weighted by Gasteiger charge is 2.18. The number of aromatic nitrogens is 2. The Balaban J connectivity index is 1.28. The second kappa shape index (κ2) is 9.86. The molecule has 0 spiro atoms. The van der Waals surface area contributed by atoms with E-state index >= 15 is 0 Å². The molecule has 0 unspecified atom stereocenters. The van der Waals surface area contributed by atoms with Gasteiger partial charge in [0.15, 0.2) is 0 Å². The van der Waals surface area contributed by atoms with Gasteiger partial charge in [0, 0.05) is 43.7 Å². The maximum atomic E-state index is 3.74. The van der Waals surface area contributed by atoms with E-state index in [9.17, 15) is 0 Å². The summed E-state index contributed by atoms with van der Waals surface area (Å²) < 4.78 is 0. The van der Waals surface area contributed by atoms with Gasteiger partial charge in [0.1, 0.15) is 0 Å². The minimum Gasteiger partial charge on any atom is -0.354 e. The molecule has 0 fully saturated rings. The second-order valence-electron chi connectivity index (χ2n) is 11.5. The van der Waals surface area contributed by atoms with E-state index in [2.05, 4.69) is 168 Å². The van der Waals surface area contributed by atoms with Crippen molar-refractivity contribution in [3.8, 4) is 44.5 Å². The highest BCUT2D eigenvalue weighted by molar-refractivity contribution is 6.14. The lowest BCUT2D eigenvalue weighted by atomic mass is 9.86. The number of para-hydroxylation sites is 4. The molecule has 7 aromatic carbocycles. The van der Waals surface area contributed by atoms with Crippen LogP contribution >= 0.6 is 0 Å². The first-order chi connectivity index (χ1) is 21.8. The lowest BCUT2D eigenvalue weighted by Gasteiger charge is -2.17. The van der Waals surface area contributed by atoms with Crippen molar-refractivity contribution in [2.45, 2.75) is 0 Å². The smallest absolute Gasteiger partial charge is 0.0544 e. The van der Waals surface area contributed by atoms with E-state index in [1.807, 2.05) is 0 Å². The number of benzene rings is 7. The number of H-pyrrole nitrogens is 2. The average Bonchev–Trinajstić information content (AvgIpc) is 3.67. The summed E-state index contributed by atoms with van der Waals surface area (Å²) in [5.74, 6) is 0. The van der Waals surface area contributed by atoms with Crippen LogP contribution in [0.25, 0.3) is 88.1 Å². The molecule has 9 rings (SSSR count). The highest BCUT2D eigenvalue weighted by Crippen LogP contribution is 2.44. The minimum absolute atomic E-state index is 1.16. The van der Waals surface area contributed by atoms with Gasteiger partial charge in [-0.1, -0.05) is 140 Å². The predicted molar refractivity (Wildman–Crippen MR) is 187 cm³/mol. The molecule has 0 aliphatic heterocycles. The molecule has 206 valence electrons. The minimum atomic E-state index is 1.16. The topological polar surface area (TPSA) is 31.6 Å². The predicted octanol–water partition coefficient (Wildman–Crippen LogP) is 11.6. The number of hydrogen-bond donors (Lipinski definition) is 2. The molecule has 2 heteroatoms. The van der Waals surface area contributed by atoms with Gasteiger partial charge in [-0.3, -0.25) is 0 Å². The third-order valence-corrected chi connectivity index (χ3v) is 8.98. The summed E-state index contributed by atoms with van der Waals surface area (Å²) in [5.41, 5.74) is 14.3. The van der Waals surface area contributed by atoms with Crippen LogP contribution < -0.4 is 0 Å². The Morgan fingerprint density at radius 1 is 0.295 bits per heavy atom. The first kappa shape index (κ1) is 24.7. The molecule has 0 saturated heterocycles. The van der Waals surface area contributed by atoms with Gasteiger partial charge in [-0.15, -0.1) is 0 Å². The van der Waals surface area contributed by atoms with Crippen molar-refractivity contribution in [2.24, 2.45) is 0 Å². The number of hydrogen-bond acceptors (Lipinski definition) is 0. The Morgan fingerprint density at radius 2 is 0.750 bits per heavy atom. The lowest BCUT2D eigenvalue weighted by molar-refractivity contribution is 1.52. The summed E-state index contributed by atoms with van der Waals surface area (Å²) in [4.78, 5) is 7.43. The summed E-state index contributed by atoms with van der Waals surface area (Å²) in [5, 5.41) is 5.00. The fourth-order valence-electron chi connectivity index (χ4n) is 7.00. The largest absolute Gasteiger partial charge is 0.354 e. The summed E-state index contributed by atoms with van der Waals surface area (Å²) in [6, 6.07) is 56.9. The van der Waals surface area contributed by atoms with E-state index in [-0.39, 0.29) is 0 Å². The number of rotatable bonds is 4. The molecule has 2 nitrogen and oxygen atoms in total. The van der Waals surface area contributed by atoms with Crippen LogP contribution in [0, 0.1) is 0 Å². The summed E-state index contributed by atoms with van der Waals surface area (Å²) in [7, 11) is 0. The van der Waals surface area contributed by atoms with Gasteiger partial charge in [-0.2, -0.15) is 0 Å². The number of nitrogens with one attached hydrogen (secondary N) is 2. The number of aromatic amines is 2. The monoisotopic (exact) mass is 560 g/mol. The maximum Gasteiger partial charge on any atom is 0.0544 e. The van der Waals surface area contributed by atoms with Crippen molar-refractivity contribution < 1.29 is 0 Å². The normalized spacial score (nSPS) is 11.6. The molecule has 44 heavy (non-hydrogen) atoms. The highest BCUT2D eigenvalue weighted by atomic mass is 14.7. The Hall–Kier alpha value is -5.86. The van der Waals surface area contributed by atoms with Gasteiger partial charge < -0.3 is 9.97 Å². The van der Waals surface area contributed by atoms with Gasteiger partial charge >= 0.3 is 0 Å². The molecule has 9 aromatic rings. The molecule has 0 radical (unpaired) electrons. The summed E-state index contributed by atoms with van der Waals surface area (Å²) in [6.07, 6.45) is 0. The van der Waals surface area contributed by atoms with Crippen LogP contribution in [0.5, 0.6) is 0 Å². The van der Waals surface area contributed by atoms with E-state index in [1.54, 1.807) is 0 Å². The SMILES string of the molecule is c1ccc(-c2c(-c3cccc(-c4cccc5c4[nH]c4ccccc45)c3)cccc2-c2cccc3c2[nH]c2ccccc23)cc1. The van der Waals surface area contributed by atoms with Crippen molar-refractivity contribution in [1.29, 1.82) is 0 Å². The van der Waals surface area contributed by atoms with Gasteiger partial charge in [-0.05, 0) is 51.6 Å². The van der Waals surface area contributed by atoms with Gasteiger partial charge in [0.25, 0.3) is 0 Å². The molecule has 0 amide bonds. The molecule has 2 aromatic heterocycles. The zero-order valence-corrected chi connectivity index (χ0v) is 24.0. The summed E-state index contributed by atoms with van der Waals surface area (Å²) in [6.45, 7) is 0. The van der Waals surface area contributed by atoms with Crippen LogP contribution in [0.4, 0.5) is 0 Å². The molecule has 2 heterocycles. The van der Waals surface area contributed by atoms with Gasteiger partial charge in [0.2, 0.25) is 0 Å². The van der Waals surface area contributed by atoms with E-state index < -0.39 is 0 Å². The van der Waals surface area contributed by atoms with E-state index in [0.717, 1.165) is 11.0 Å². The molecular formula is C42H28N2. The standard InChI is InChI=1S/C42H28N2/c1-2-12-27(13-3-1)40-30(18-9-20-34(40)37-23-11-22-36-33-17-5-7-25-39(33)44-42(36)37)28-14-8-15-29(26-28)31-19-10-21-35-32-16-4-6-24-38(32)43-41(31)35/h1-26,43-44H. The molecule has 2 N–H and O–H groups in total. The van der Waals surface area contributed by atoms with E-state index in [0.29, 0.717) is 0 Å². The Bertz CT molecular complexity index is 2490. The third kappa shape index (κ3) is 3.82. The van der Waals surface area contributed by atoms with E-state index in [1.165, 1.54) is 77.1 Å². The van der Waals surface area contributed by atoms with Crippen LogP contribution in [-0.4, -0.2) is 9.97 Å². The Kier molecular flexibility index (Phi) is 5.54. The lowest BCUT2D eigenvalue weighted by Crippen LogP contribution is -1.92. The fraction of sp³-hybridized carbons (Fsp3) is 0. The fourth-order valence-corrected chi connectivity index (χ4v) is 7.00. The zero-order chi connectivity index (χ0) is 29.0. The molecule has 0 aliphatic rings. The van der Waals surface area contributed by atoms with E-state index in [4.69, 9.17) is 0 Å². The maximum absolute atomic E-state index is 3.74. The quantitative estimate of drug-likeness (QED) is 0.215. The van der Waals surface area contributed by atoms with Crippen LogP contribution in [-0.2, 0) is 0 Å². The van der Waals surface area contributed by atoms with Gasteiger partial charge in [0.05, 0.1) is 11.0 Å². The van der Waals surface area contributed by atoms with Crippen LogP contribution in [0.2, 0.25) is 0 Å². The second-order valence-corrected chi connectivity index (χ2v) is 11.5. The van der Waals surface area contributed by atoms with Crippen LogP contribution in [0.3, 0.4) is 0 Å². The Morgan fingerprint density at radius 3 is 1.45 bits per heavy atom. The molecule has 0 bridgehead atoms. The summed E-state index contributed by atoms with van der Waals surface area (Å²) >= 11 is 0. The molecule has 0 aliphatic carbocycles. The first-order valence-electron chi connectivity index (χ1n) is 15.1. The van der Waals surface area contributed by atoms with Crippen molar-refractivity contribution in [1.82, 2.24) is 9.97 Å². The van der Waals surface area contributed by atoms with Crippen molar-refractivity contribution in [3.63, 3.8) is 0 Å². The van der Waals surface area contributed by atoms with Crippen molar-refractivity contribution in [3.05, 3.63) is 158 Å². The first-order valence-corrected chi connectivity index (χ1v) is 15.1. The van der Waals surface area contributed by atoms with Crippen molar-refractivity contribution in [2.75, 3.05) is 0 Å². The average molecular weight is 561 g/mol. The molecular weight excluding hydrogens is 532 g/mol. The third-order valence-electron chi connectivity index (χ3n) is 8.98. The zero-order valence-electron chi connectivity index (χ0n) is 24.0. The van der Waals surface area contributed by atoms with Crippen molar-refractivity contribution >= 4 is 43.6 Å². The van der Waals surface area contributed by atoms with Crippen LogP contribution in [0.15, 0.2) is 158 Å². The Labute approximate surface area is 255 Å². The van der Waals surface area contributed by atoms with Crippen LogP contribution in [0.1, 0.15) is 0 Å².